The highest BCUT2D eigenvalue weighted by Crippen LogP contribution is 2.34. The molecule has 28 heavy (non-hydrogen) atoms. The van der Waals surface area contributed by atoms with Gasteiger partial charge in [0.1, 0.15) is 6.04 Å². The predicted octanol–water partition coefficient (Wildman–Crippen LogP) is 1.51. The molecule has 1 N–H and O–H groups in total. The second-order valence-corrected chi connectivity index (χ2v) is 7.18. The zero-order chi connectivity index (χ0) is 20.1. The van der Waals surface area contributed by atoms with E-state index in [-0.39, 0.29) is 30.5 Å². The van der Waals surface area contributed by atoms with Gasteiger partial charge in [0.2, 0.25) is 11.8 Å². The molecule has 2 aliphatic rings. The number of carbonyl (C=O) groups is 4. The number of hydrogen-bond donors (Lipinski definition) is 1. The number of piperidine rings is 1. The standard InChI is InChI=1S/C17H17N5O5S/c18-21-19-6-7-27-8-9-28-12-3-1-2-10-14(12)17(26)22(16(10)25)11-4-5-13(23)20-15(11)24/h1-3,11H,4-9H2,(H,20,23,24). The minimum atomic E-state index is -0.980. The topological polar surface area (TPSA) is 142 Å². The highest BCUT2D eigenvalue weighted by molar-refractivity contribution is 7.99. The number of azide groups is 1. The monoisotopic (exact) mass is 403 g/mol. The molecule has 4 amide bonds. The summed E-state index contributed by atoms with van der Waals surface area (Å²) in [5.41, 5.74) is 8.72. The molecule has 2 heterocycles. The van der Waals surface area contributed by atoms with Crippen LogP contribution in [0.5, 0.6) is 0 Å². The van der Waals surface area contributed by atoms with Gasteiger partial charge in [-0.25, -0.2) is 0 Å². The lowest BCUT2D eigenvalue weighted by atomic mass is 10.0. The third-order valence-corrected chi connectivity index (χ3v) is 5.34. The van der Waals surface area contributed by atoms with Gasteiger partial charge in [-0.05, 0) is 24.1 Å². The zero-order valence-corrected chi connectivity index (χ0v) is 15.6. The average Bonchev–Trinajstić information content (AvgIpc) is 2.93. The van der Waals surface area contributed by atoms with E-state index in [0.717, 1.165) is 4.90 Å². The maximum atomic E-state index is 12.9. The van der Waals surface area contributed by atoms with Crippen LogP contribution in [0.4, 0.5) is 0 Å². The van der Waals surface area contributed by atoms with Crippen molar-refractivity contribution in [3.63, 3.8) is 0 Å². The Labute approximate surface area is 164 Å². The fourth-order valence-corrected chi connectivity index (χ4v) is 4.00. The van der Waals surface area contributed by atoms with Crippen molar-refractivity contribution in [2.75, 3.05) is 25.5 Å². The summed E-state index contributed by atoms with van der Waals surface area (Å²) < 4.78 is 5.33. The second kappa shape index (κ2) is 8.87. The van der Waals surface area contributed by atoms with Gasteiger partial charge >= 0.3 is 0 Å². The van der Waals surface area contributed by atoms with Gasteiger partial charge in [-0.1, -0.05) is 11.2 Å². The number of imide groups is 2. The maximum Gasteiger partial charge on any atom is 0.263 e. The van der Waals surface area contributed by atoms with Crippen molar-refractivity contribution < 1.29 is 23.9 Å². The number of amides is 4. The fourth-order valence-electron chi connectivity index (χ4n) is 3.07. The summed E-state index contributed by atoms with van der Waals surface area (Å²) in [4.78, 5) is 53.3. The van der Waals surface area contributed by atoms with Gasteiger partial charge in [0.15, 0.2) is 0 Å². The van der Waals surface area contributed by atoms with Crippen molar-refractivity contribution in [3.05, 3.63) is 39.8 Å². The zero-order valence-electron chi connectivity index (χ0n) is 14.8. The first-order chi connectivity index (χ1) is 13.5. The molecule has 1 fully saturated rings. The number of rotatable bonds is 8. The molecular weight excluding hydrogens is 386 g/mol. The Balaban J connectivity index is 1.69. The van der Waals surface area contributed by atoms with Crippen LogP contribution in [0.1, 0.15) is 33.6 Å². The number of hydrogen-bond acceptors (Lipinski definition) is 7. The smallest absolute Gasteiger partial charge is 0.263 e. The maximum absolute atomic E-state index is 12.9. The SMILES string of the molecule is [N-]=[N+]=NCCOCCSc1cccc2c1C(=O)N(C1CCC(=O)NC1=O)C2=O. The molecule has 1 atom stereocenters. The van der Waals surface area contributed by atoms with Gasteiger partial charge in [-0.3, -0.25) is 29.4 Å². The van der Waals surface area contributed by atoms with Crippen LogP contribution in [-0.2, 0) is 14.3 Å². The summed E-state index contributed by atoms with van der Waals surface area (Å²) in [5.74, 6) is -1.56. The summed E-state index contributed by atoms with van der Waals surface area (Å²) >= 11 is 1.36. The summed E-state index contributed by atoms with van der Waals surface area (Å²) in [5, 5.41) is 5.54. The van der Waals surface area contributed by atoms with Crippen LogP contribution in [0.2, 0.25) is 0 Å². The van der Waals surface area contributed by atoms with Gasteiger partial charge in [-0.15, -0.1) is 11.8 Å². The van der Waals surface area contributed by atoms with E-state index in [9.17, 15) is 19.2 Å². The molecule has 146 valence electrons. The van der Waals surface area contributed by atoms with Crippen molar-refractivity contribution in [1.29, 1.82) is 0 Å². The molecule has 10 nitrogen and oxygen atoms in total. The van der Waals surface area contributed by atoms with Crippen molar-refractivity contribution in [3.8, 4) is 0 Å². The molecule has 1 saturated heterocycles. The molecule has 1 aromatic carbocycles. The Bertz CT molecular complexity index is 883. The molecule has 1 aromatic rings. The minimum Gasteiger partial charge on any atom is -0.380 e. The Hall–Kier alpha value is -2.88. The summed E-state index contributed by atoms with van der Waals surface area (Å²) in [7, 11) is 0. The van der Waals surface area contributed by atoms with E-state index < -0.39 is 29.7 Å². The van der Waals surface area contributed by atoms with E-state index in [1.165, 1.54) is 11.8 Å². The third kappa shape index (κ3) is 4.01. The normalized spacial score (nSPS) is 18.7. The van der Waals surface area contributed by atoms with Crippen LogP contribution in [0.3, 0.4) is 0 Å². The van der Waals surface area contributed by atoms with E-state index in [0.29, 0.717) is 23.9 Å². The highest BCUT2D eigenvalue weighted by Gasteiger charge is 2.45. The van der Waals surface area contributed by atoms with Crippen LogP contribution < -0.4 is 5.32 Å². The van der Waals surface area contributed by atoms with E-state index in [4.69, 9.17) is 10.3 Å². The molecule has 0 bridgehead atoms. The number of nitrogens with zero attached hydrogens (tertiary/aromatic N) is 4. The van der Waals surface area contributed by atoms with E-state index >= 15 is 0 Å². The molecule has 2 aliphatic heterocycles. The van der Waals surface area contributed by atoms with Crippen LogP contribution in [-0.4, -0.2) is 60.1 Å². The van der Waals surface area contributed by atoms with Crippen molar-refractivity contribution >= 4 is 35.4 Å². The summed E-state index contributed by atoms with van der Waals surface area (Å²) in [6, 6.07) is 4.00. The van der Waals surface area contributed by atoms with Crippen LogP contribution in [0, 0.1) is 0 Å². The fraction of sp³-hybridized carbons (Fsp3) is 0.412. The average molecular weight is 403 g/mol. The lowest BCUT2D eigenvalue weighted by Crippen LogP contribution is -2.54. The Morgan fingerprint density at radius 3 is 2.82 bits per heavy atom. The first-order valence-electron chi connectivity index (χ1n) is 8.60. The highest BCUT2D eigenvalue weighted by atomic mass is 32.2. The van der Waals surface area contributed by atoms with Crippen molar-refractivity contribution in [2.45, 2.75) is 23.8 Å². The molecule has 0 spiro atoms. The van der Waals surface area contributed by atoms with E-state index in [1.54, 1.807) is 18.2 Å². The number of carbonyl (C=O) groups excluding carboxylic acids is 4. The summed E-state index contributed by atoms with van der Waals surface area (Å²) in [6.45, 7) is 0.933. The second-order valence-electron chi connectivity index (χ2n) is 6.04. The van der Waals surface area contributed by atoms with Crippen molar-refractivity contribution in [1.82, 2.24) is 10.2 Å². The number of nitrogens with one attached hydrogen (secondary N) is 1. The molecule has 0 saturated carbocycles. The van der Waals surface area contributed by atoms with Gasteiger partial charge in [0.25, 0.3) is 11.8 Å². The van der Waals surface area contributed by atoms with Crippen LogP contribution >= 0.6 is 11.8 Å². The Morgan fingerprint density at radius 1 is 1.25 bits per heavy atom. The summed E-state index contributed by atoms with van der Waals surface area (Å²) in [6.07, 6.45) is 0.205. The largest absolute Gasteiger partial charge is 0.380 e. The third-order valence-electron chi connectivity index (χ3n) is 4.31. The minimum absolute atomic E-state index is 0.0819. The van der Waals surface area contributed by atoms with Crippen molar-refractivity contribution in [2.24, 2.45) is 5.11 Å². The lowest BCUT2D eigenvalue weighted by molar-refractivity contribution is -0.136. The van der Waals surface area contributed by atoms with Gasteiger partial charge in [0.05, 0.1) is 24.3 Å². The Morgan fingerprint density at radius 2 is 2.07 bits per heavy atom. The predicted molar refractivity (Wildman–Crippen MR) is 98.7 cm³/mol. The van der Waals surface area contributed by atoms with E-state index in [2.05, 4.69) is 15.3 Å². The van der Waals surface area contributed by atoms with Crippen LogP contribution in [0.25, 0.3) is 10.4 Å². The first-order valence-corrected chi connectivity index (χ1v) is 9.59. The molecular formula is C17H17N5O5S. The van der Waals surface area contributed by atoms with E-state index in [1.807, 2.05) is 0 Å². The molecule has 0 aliphatic carbocycles. The number of ether oxygens (including phenoxy) is 1. The van der Waals surface area contributed by atoms with Gasteiger partial charge in [0, 0.05) is 28.5 Å². The number of benzene rings is 1. The van der Waals surface area contributed by atoms with Gasteiger partial charge < -0.3 is 4.74 Å². The molecule has 1 unspecified atom stereocenters. The van der Waals surface area contributed by atoms with Crippen LogP contribution in [0.15, 0.2) is 28.2 Å². The quantitative estimate of drug-likeness (QED) is 0.174. The molecule has 0 aromatic heterocycles. The molecule has 3 rings (SSSR count). The lowest BCUT2D eigenvalue weighted by Gasteiger charge is -2.27. The first kappa shape index (κ1) is 19.9. The molecule has 0 radical (unpaired) electrons. The van der Waals surface area contributed by atoms with Gasteiger partial charge in [-0.2, -0.15) is 0 Å². The Kier molecular flexibility index (Phi) is 6.30. The number of fused-ring (bicyclic) bond motifs is 1. The molecule has 11 heteroatoms. The number of thioether (sulfide) groups is 1.